The molecule has 0 aliphatic carbocycles. The monoisotopic (exact) mass is 292 g/mol. The number of rotatable bonds is 2. The Bertz CT molecular complexity index is 478. The predicted octanol–water partition coefficient (Wildman–Crippen LogP) is -1.18. The van der Waals surface area contributed by atoms with Gasteiger partial charge in [0.05, 0.1) is 12.0 Å². The van der Waals surface area contributed by atoms with Gasteiger partial charge in [-0.1, -0.05) is 6.42 Å². The van der Waals surface area contributed by atoms with E-state index in [1.54, 1.807) is 0 Å². The molecule has 0 aromatic rings. The molecule has 1 amide bonds. The first-order valence-electron chi connectivity index (χ1n) is 5.79. The van der Waals surface area contributed by atoms with E-state index in [1.807, 2.05) is 0 Å². The second-order valence-corrected chi connectivity index (χ2v) is 5.03. The topological polar surface area (TPSA) is 122 Å². The van der Waals surface area contributed by atoms with Crippen molar-refractivity contribution >= 4 is 27.2 Å². The molecule has 9 heteroatoms. The molecule has 1 fully saturated rings. The summed E-state index contributed by atoms with van der Waals surface area (Å²) in [5, 5.41) is 11.0. The molecule has 0 aromatic heterocycles. The fraction of sp³-hybridized carbons (Fsp3) is 0.700. The van der Waals surface area contributed by atoms with Crippen LogP contribution in [0.15, 0.2) is 0 Å². The lowest BCUT2D eigenvalue weighted by Crippen LogP contribution is -2.50. The van der Waals surface area contributed by atoms with E-state index in [0.717, 1.165) is 13.3 Å². The van der Waals surface area contributed by atoms with Crippen LogP contribution >= 0.6 is 0 Å². The van der Waals surface area contributed by atoms with Crippen LogP contribution in [0.1, 0.15) is 26.2 Å². The van der Waals surface area contributed by atoms with Crippen molar-refractivity contribution in [3.63, 3.8) is 0 Å². The maximum absolute atomic E-state index is 11.6. The SMILES string of the molecule is CC(=O)OC(C1CCCCNC1C(=O)NO)=S(=O)=O. The summed E-state index contributed by atoms with van der Waals surface area (Å²) >= 11 is 0. The molecule has 0 aromatic carbocycles. The smallest absolute Gasteiger partial charge is 0.308 e. The lowest BCUT2D eigenvalue weighted by Gasteiger charge is -2.23. The summed E-state index contributed by atoms with van der Waals surface area (Å²) < 4.78 is 27.0. The molecule has 3 N–H and O–H groups in total. The second kappa shape index (κ2) is 7.22. The highest BCUT2D eigenvalue weighted by Crippen LogP contribution is 2.19. The van der Waals surface area contributed by atoms with Gasteiger partial charge in [-0.25, -0.2) is 5.48 Å². The van der Waals surface area contributed by atoms with Crippen molar-refractivity contribution in [1.29, 1.82) is 0 Å². The van der Waals surface area contributed by atoms with Crippen LogP contribution in [0, 0.1) is 5.92 Å². The van der Waals surface area contributed by atoms with Crippen molar-refractivity contribution < 1.29 is 28.0 Å². The first-order valence-corrected chi connectivity index (χ1v) is 6.86. The molecule has 108 valence electrons. The van der Waals surface area contributed by atoms with Gasteiger partial charge in [0, 0.05) is 6.92 Å². The Morgan fingerprint density at radius 3 is 2.58 bits per heavy atom. The lowest BCUT2D eigenvalue weighted by atomic mass is 9.95. The van der Waals surface area contributed by atoms with Crippen LogP contribution in [0.4, 0.5) is 0 Å². The molecular weight excluding hydrogens is 276 g/mol. The van der Waals surface area contributed by atoms with Crippen molar-refractivity contribution in [1.82, 2.24) is 10.8 Å². The zero-order valence-electron chi connectivity index (χ0n) is 10.4. The van der Waals surface area contributed by atoms with Gasteiger partial charge >= 0.3 is 5.97 Å². The highest BCUT2D eigenvalue weighted by atomic mass is 32.2. The van der Waals surface area contributed by atoms with Crippen LogP contribution < -0.4 is 10.8 Å². The summed E-state index contributed by atoms with van der Waals surface area (Å²) in [5.74, 6) is -2.36. The summed E-state index contributed by atoms with van der Waals surface area (Å²) in [7, 11) is -2.75. The van der Waals surface area contributed by atoms with Crippen molar-refractivity contribution in [2.75, 3.05) is 6.54 Å². The van der Waals surface area contributed by atoms with E-state index in [1.165, 1.54) is 5.48 Å². The molecule has 0 saturated carbocycles. The molecular formula is C10H16N2O6S. The number of carbonyl (C=O) groups excluding carboxylic acids is 2. The number of amides is 1. The largest absolute Gasteiger partial charge is 0.414 e. The minimum atomic E-state index is -2.75. The Morgan fingerprint density at radius 2 is 2.05 bits per heavy atom. The van der Waals surface area contributed by atoms with Gasteiger partial charge in [-0.2, -0.15) is 8.42 Å². The van der Waals surface area contributed by atoms with E-state index in [-0.39, 0.29) is 0 Å². The van der Waals surface area contributed by atoms with Crippen LogP contribution in [0.3, 0.4) is 0 Å². The van der Waals surface area contributed by atoms with Gasteiger partial charge in [0.25, 0.3) is 16.2 Å². The maximum atomic E-state index is 11.6. The van der Waals surface area contributed by atoms with Gasteiger partial charge in [-0.05, 0) is 19.4 Å². The molecule has 1 aliphatic heterocycles. The van der Waals surface area contributed by atoms with Gasteiger partial charge in [0.15, 0.2) is 0 Å². The molecule has 1 saturated heterocycles. The standard InChI is InChI=1S/C10H16N2O6S/c1-6(13)18-10(19(16)17)7-4-2-3-5-11-8(7)9(14)12-15/h7-8,11,15H,2-5H2,1H3,(H,12,14). The van der Waals surface area contributed by atoms with E-state index in [2.05, 4.69) is 5.32 Å². The quantitative estimate of drug-likeness (QED) is 0.253. The van der Waals surface area contributed by atoms with Crippen molar-refractivity contribution in [3.05, 3.63) is 0 Å². The predicted molar refractivity (Wildman–Crippen MR) is 64.8 cm³/mol. The third-order valence-corrected chi connectivity index (χ3v) is 3.53. The molecule has 2 atom stereocenters. The fourth-order valence-corrected chi connectivity index (χ4v) is 2.72. The van der Waals surface area contributed by atoms with Crippen LogP contribution in [0.2, 0.25) is 0 Å². The van der Waals surface area contributed by atoms with Crippen molar-refractivity contribution in [2.24, 2.45) is 5.92 Å². The Balaban J connectivity index is 3.11. The molecule has 2 unspecified atom stereocenters. The summed E-state index contributed by atoms with van der Waals surface area (Å²) in [4.78, 5) is 22.5. The van der Waals surface area contributed by atoms with Gasteiger partial charge in [0.1, 0.15) is 0 Å². The number of esters is 1. The zero-order chi connectivity index (χ0) is 14.4. The summed E-state index contributed by atoms with van der Waals surface area (Å²) in [5.41, 5.74) is 1.48. The Kier molecular flexibility index (Phi) is 5.93. The van der Waals surface area contributed by atoms with Crippen molar-refractivity contribution in [2.45, 2.75) is 32.2 Å². The third kappa shape index (κ3) is 4.30. The van der Waals surface area contributed by atoms with E-state index in [9.17, 15) is 18.0 Å². The van der Waals surface area contributed by atoms with Gasteiger partial charge < -0.3 is 10.1 Å². The molecule has 0 spiro atoms. The van der Waals surface area contributed by atoms with Crippen molar-refractivity contribution in [3.8, 4) is 0 Å². The number of hydrogen-bond acceptors (Lipinski definition) is 7. The summed E-state index contributed by atoms with van der Waals surface area (Å²) in [6.07, 6.45) is 1.79. The van der Waals surface area contributed by atoms with E-state index >= 15 is 0 Å². The Hall–Kier alpha value is -1.45. The number of nitrogens with one attached hydrogen (secondary N) is 2. The highest BCUT2D eigenvalue weighted by molar-refractivity contribution is 7.72. The average Bonchev–Trinajstić information content (AvgIpc) is 2.59. The van der Waals surface area contributed by atoms with E-state index in [4.69, 9.17) is 9.94 Å². The fourth-order valence-electron chi connectivity index (χ4n) is 2.03. The number of ether oxygens (including phenoxy) is 1. The average molecular weight is 292 g/mol. The number of hydroxylamine groups is 1. The molecule has 1 rings (SSSR count). The Labute approximate surface area is 111 Å². The molecule has 0 bridgehead atoms. The van der Waals surface area contributed by atoms with Gasteiger partial charge in [-0.15, -0.1) is 0 Å². The zero-order valence-corrected chi connectivity index (χ0v) is 11.2. The normalized spacial score (nSPS) is 23.1. The maximum Gasteiger partial charge on any atom is 0.308 e. The van der Waals surface area contributed by atoms with Crippen LogP contribution in [0.25, 0.3) is 0 Å². The van der Waals surface area contributed by atoms with E-state index in [0.29, 0.717) is 19.4 Å². The van der Waals surface area contributed by atoms with Gasteiger partial charge in [-0.3, -0.25) is 14.8 Å². The summed E-state index contributed by atoms with van der Waals surface area (Å²) in [6, 6.07) is -0.959. The first kappa shape index (κ1) is 15.6. The van der Waals surface area contributed by atoms with Gasteiger partial charge in [0.2, 0.25) is 5.05 Å². The van der Waals surface area contributed by atoms with Crippen LogP contribution in [0.5, 0.6) is 0 Å². The highest BCUT2D eigenvalue weighted by Gasteiger charge is 2.35. The number of hydrogen-bond donors (Lipinski definition) is 3. The molecule has 8 nitrogen and oxygen atoms in total. The molecule has 1 aliphatic rings. The first-order chi connectivity index (χ1) is 8.97. The third-order valence-electron chi connectivity index (χ3n) is 2.81. The van der Waals surface area contributed by atoms with Crippen LogP contribution in [-0.2, 0) is 24.6 Å². The van der Waals surface area contributed by atoms with Crippen LogP contribution in [-0.4, -0.2) is 43.1 Å². The number of carbonyl (C=O) groups is 2. The Morgan fingerprint density at radius 1 is 1.37 bits per heavy atom. The molecule has 19 heavy (non-hydrogen) atoms. The molecule has 0 radical (unpaired) electrons. The minimum absolute atomic E-state index is 0.363. The lowest BCUT2D eigenvalue weighted by molar-refractivity contribution is -0.135. The summed E-state index contributed by atoms with van der Waals surface area (Å²) in [6.45, 7) is 1.59. The van der Waals surface area contributed by atoms with E-state index < -0.39 is 39.2 Å². The minimum Gasteiger partial charge on any atom is -0.414 e. The molecule has 1 heterocycles. The second-order valence-electron chi connectivity index (χ2n) is 4.16.